The minimum atomic E-state index is -0.480. The Morgan fingerprint density at radius 2 is 2.14 bits per heavy atom. The van der Waals surface area contributed by atoms with Crippen molar-refractivity contribution >= 4 is 5.78 Å². The second kappa shape index (κ2) is 7.13. The molecular formula is C15H26N4O2. The Morgan fingerprint density at radius 3 is 2.81 bits per heavy atom. The Labute approximate surface area is 126 Å². The average Bonchev–Trinajstić information content (AvgIpc) is 2.81. The van der Waals surface area contributed by atoms with Crippen LogP contribution in [0.15, 0.2) is 0 Å². The first-order chi connectivity index (χ1) is 10.0. The van der Waals surface area contributed by atoms with Crippen LogP contribution in [0.2, 0.25) is 0 Å². The minimum absolute atomic E-state index is 0.0606. The molecule has 6 nitrogen and oxygen atoms in total. The summed E-state index contributed by atoms with van der Waals surface area (Å²) in [7, 11) is 0. The predicted molar refractivity (Wildman–Crippen MR) is 79.9 cm³/mol. The molecular weight excluding hydrogens is 268 g/mol. The third-order valence-corrected chi connectivity index (χ3v) is 3.91. The van der Waals surface area contributed by atoms with Crippen LogP contribution in [0.5, 0.6) is 0 Å². The smallest absolute Gasteiger partial charge is 0.174 e. The number of carbonyl (C=O) groups is 1. The number of carbonyl (C=O) groups excluding carboxylic acids is 1. The van der Waals surface area contributed by atoms with Gasteiger partial charge in [-0.15, -0.1) is 5.10 Å². The van der Waals surface area contributed by atoms with Crippen LogP contribution in [0.1, 0.15) is 70.0 Å². The normalized spacial score (nSPS) is 20.7. The third-order valence-electron chi connectivity index (χ3n) is 3.91. The molecule has 0 fully saturated rings. The van der Waals surface area contributed by atoms with Crippen LogP contribution in [-0.2, 0) is 16.0 Å². The minimum Gasteiger partial charge on any atom is -0.364 e. The van der Waals surface area contributed by atoms with Gasteiger partial charge in [-0.05, 0) is 40.0 Å². The number of rotatable bonds is 5. The van der Waals surface area contributed by atoms with Crippen LogP contribution in [0.25, 0.3) is 0 Å². The lowest BCUT2D eigenvalue weighted by Gasteiger charge is -2.23. The van der Waals surface area contributed by atoms with Gasteiger partial charge < -0.3 is 10.5 Å². The Bertz CT molecular complexity index is 482. The van der Waals surface area contributed by atoms with Crippen LogP contribution in [0, 0.1) is 0 Å². The summed E-state index contributed by atoms with van der Waals surface area (Å²) in [6, 6.07) is -0.248. The zero-order chi connectivity index (χ0) is 15.4. The number of nitrogens with two attached hydrogens (primary N) is 1. The molecule has 2 N–H and O–H groups in total. The molecule has 1 aromatic rings. The van der Waals surface area contributed by atoms with Gasteiger partial charge in [-0.25, -0.2) is 4.68 Å². The van der Waals surface area contributed by atoms with Gasteiger partial charge in [0.15, 0.2) is 5.78 Å². The van der Waals surface area contributed by atoms with E-state index in [0.717, 1.165) is 43.5 Å². The van der Waals surface area contributed by atoms with Crippen molar-refractivity contribution in [2.45, 2.75) is 71.1 Å². The molecule has 2 atom stereocenters. The molecule has 6 heteroatoms. The van der Waals surface area contributed by atoms with E-state index in [1.807, 2.05) is 4.68 Å². The van der Waals surface area contributed by atoms with Gasteiger partial charge in [0.25, 0.3) is 0 Å². The highest BCUT2D eigenvalue weighted by molar-refractivity contribution is 5.84. The number of hydrogen-bond acceptors (Lipinski definition) is 5. The van der Waals surface area contributed by atoms with Gasteiger partial charge in [0.2, 0.25) is 0 Å². The van der Waals surface area contributed by atoms with E-state index in [-0.39, 0.29) is 24.5 Å². The summed E-state index contributed by atoms with van der Waals surface area (Å²) in [5, 5.41) is 8.59. The van der Waals surface area contributed by atoms with Gasteiger partial charge >= 0.3 is 0 Å². The van der Waals surface area contributed by atoms with E-state index in [1.165, 1.54) is 0 Å². The molecule has 0 radical (unpaired) electrons. The zero-order valence-corrected chi connectivity index (χ0v) is 13.2. The second-order valence-corrected chi connectivity index (χ2v) is 6.11. The molecule has 1 aliphatic carbocycles. The van der Waals surface area contributed by atoms with Gasteiger partial charge in [-0.3, -0.25) is 4.79 Å². The highest BCUT2D eigenvalue weighted by Crippen LogP contribution is 2.31. The zero-order valence-electron chi connectivity index (χ0n) is 13.2. The first kappa shape index (κ1) is 16.1. The molecule has 0 spiro atoms. The first-order valence-corrected chi connectivity index (χ1v) is 7.84. The predicted octanol–water partition coefficient (Wildman–Crippen LogP) is 1.95. The molecule has 1 heterocycles. The third kappa shape index (κ3) is 3.89. The molecule has 0 saturated heterocycles. The molecule has 1 aromatic heterocycles. The number of Topliss-reactive ketones (excluding diaryl/α,β-unsaturated/α-hetero) is 1. The van der Waals surface area contributed by atoms with E-state index in [0.29, 0.717) is 0 Å². The van der Waals surface area contributed by atoms with Crippen molar-refractivity contribution in [2.24, 2.45) is 5.73 Å². The van der Waals surface area contributed by atoms with E-state index >= 15 is 0 Å². The maximum atomic E-state index is 11.7. The molecule has 118 valence electrons. The maximum absolute atomic E-state index is 11.7. The fraction of sp³-hybridized carbons (Fsp3) is 0.800. The number of ether oxygens (including phenoxy) is 1. The number of ketones is 1. The second-order valence-electron chi connectivity index (χ2n) is 6.11. The molecule has 0 saturated carbocycles. The van der Waals surface area contributed by atoms with E-state index in [9.17, 15) is 4.79 Å². The molecule has 21 heavy (non-hydrogen) atoms. The van der Waals surface area contributed by atoms with Crippen LogP contribution < -0.4 is 5.73 Å². The van der Waals surface area contributed by atoms with Gasteiger partial charge in [-0.1, -0.05) is 18.1 Å². The standard InChI is InChI=1S/C15H26N4O2/c1-10(2)19-15-12(17-18-19)7-5-4-6-8-14(15)21-9-13(20)11(3)16/h10-11,14H,4-9,16H2,1-3H3. The molecule has 2 rings (SSSR count). The van der Waals surface area contributed by atoms with Crippen molar-refractivity contribution in [1.82, 2.24) is 15.0 Å². The average molecular weight is 294 g/mol. The molecule has 2 unspecified atom stereocenters. The summed E-state index contributed by atoms with van der Waals surface area (Å²) in [6.07, 6.45) is 5.12. The van der Waals surface area contributed by atoms with E-state index < -0.39 is 6.04 Å². The van der Waals surface area contributed by atoms with Crippen LogP contribution >= 0.6 is 0 Å². The molecule has 0 aromatic carbocycles. The fourth-order valence-corrected chi connectivity index (χ4v) is 2.64. The van der Waals surface area contributed by atoms with Crippen molar-refractivity contribution in [3.63, 3.8) is 0 Å². The van der Waals surface area contributed by atoms with E-state index in [4.69, 9.17) is 10.5 Å². The number of hydrogen-bond donors (Lipinski definition) is 1. The SMILES string of the molecule is CC(N)C(=O)COC1CCCCCc2nnn(C(C)C)c21. The van der Waals surface area contributed by atoms with Crippen molar-refractivity contribution in [3.05, 3.63) is 11.4 Å². The van der Waals surface area contributed by atoms with E-state index in [2.05, 4.69) is 24.2 Å². The molecule has 0 amide bonds. The summed E-state index contributed by atoms with van der Waals surface area (Å²) >= 11 is 0. The summed E-state index contributed by atoms with van der Waals surface area (Å²) in [6.45, 7) is 5.91. The van der Waals surface area contributed by atoms with Crippen molar-refractivity contribution in [3.8, 4) is 0 Å². The van der Waals surface area contributed by atoms with Gasteiger partial charge in [0.05, 0.1) is 17.4 Å². The lowest BCUT2D eigenvalue weighted by atomic mass is 9.98. The van der Waals surface area contributed by atoms with Crippen molar-refractivity contribution in [2.75, 3.05) is 6.61 Å². The van der Waals surface area contributed by atoms with Gasteiger partial charge in [0.1, 0.15) is 12.7 Å². The summed E-state index contributed by atoms with van der Waals surface area (Å²) in [5.74, 6) is -0.0674. The summed E-state index contributed by atoms with van der Waals surface area (Å²) in [4.78, 5) is 11.7. The Morgan fingerprint density at radius 1 is 1.38 bits per heavy atom. The van der Waals surface area contributed by atoms with Gasteiger partial charge in [0, 0.05) is 6.04 Å². The topological polar surface area (TPSA) is 83.0 Å². The summed E-state index contributed by atoms with van der Waals surface area (Å²) < 4.78 is 7.82. The van der Waals surface area contributed by atoms with Gasteiger partial charge in [-0.2, -0.15) is 0 Å². The Kier molecular flexibility index (Phi) is 5.47. The van der Waals surface area contributed by atoms with Crippen molar-refractivity contribution in [1.29, 1.82) is 0 Å². The monoisotopic (exact) mass is 294 g/mol. The lowest BCUT2D eigenvalue weighted by molar-refractivity contribution is -0.127. The fourth-order valence-electron chi connectivity index (χ4n) is 2.64. The number of nitrogens with zero attached hydrogens (tertiary/aromatic N) is 3. The maximum Gasteiger partial charge on any atom is 0.174 e. The molecule has 0 aliphatic heterocycles. The highest BCUT2D eigenvalue weighted by Gasteiger charge is 2.26. The lowest BCUT2D eigenvalue weighted by Crippen LogP contribution is -2.31. The van der Waals surface area contributed by atoms with Crippen LogP contribution in [0.3, 0.4) is 0 Å². The van der Waals surface area contributed by atoms with Crippen LogP contribution in [0.4, 0.5) is 0 Å². The van der Waals surface area contributed by atoms with Crippen LogP contribution in [-0.4, -0.2) is 33.4 Å². The molecule has 1 aliphatic rings. The largest absolute Gasteiger partial charge is 0.364 e. The summed E-state index contributed by atoms with van der Waals surface area (Å²) in [5.41, 5.74) is 7.66. The Hall–Kier alpha value is -1.27. The van der Waals surface area contributed by atoms with E-state index in [1.54, 1.807) is 6.92 Å². The molecule has 0 bridgehead atoms. The first-order valence-electron chi connectivity index (χ1n) is 7.84. The number of fused-ring (bicyclic) bond motifs is 1. The number of aromatic nitrogens is 3. The quantitative estimate of drug-likeness (QED) is 0.897. The Balaban J connectivity index is 2.20. The highest BCUT2D eigenvalue weighted by atomic mass is 16.5. The number of aryl methyl sites for hydroxylation is 1. The van der Waals surface area contributed by atoms with Crippen molar-refractivity contribution < 1.29 is 9.53 Å².